The van der Waals surface area contributed by atoms with E-state index in [0.29, 0.717) is 17.2 Å². The van der Waals surface area contributed by atoms with Crippen molar-refractivity contribution in [2.45, 2.75) is 43.5 Å². The largest absolute Gasteiger partial charge is 0.349 e. The lowest BCUT2D eigenvalue weighted by Gasteiger charge is -2.23. The lowest BCUT2D eigenvalue weighted by atomic mass is 9.95. The molecular formula is C21H24N2O3S. The number of amides is 1. The number of benzene rings is 2. The summed E-state index contributed by atoms with van der Waals surface area (Å²) >= 11 is 0. The third kappa shape index (κ3) is 3.86. The number of sulfonamides is 1. The molecule has 2 aromatic rings. The first kappa shape index (κ1) is 18.0. The van der Waals surface area contributed by atoms with Crippen LogP contribution in [0.25, 0.3) is 0 Å². The van der Waals surface area contributed by atoms with Gasteiger partial charge in [-0.1, -0.05) is 30.2 Å². The van der Waals surface area contributed by atoms with Gasteiger partial charge in [-0.3, -0.25) is 9.52 Å². The molecule has 2 aliphatic rings. The van der Waals surface area contributed by atoms with Gasteiger partial charge >= 0.3 is 0 Å². The molecule has 2 saturated carbocycles. The summed E-state index contributed by atoms with van der Waals surface area (Å²) in [6.45, 7) is 1.90. The Morgan fingerprint density at radius 2 is 1.81 bits per heavy atom. The third-order valence-electron chi connectivity index (χ3n) is 5.76. The summed E-state index contributed by atoms with van der Waals surface area (Å²) in [5.74, 6) is 1.22. The molecular weight excluding hydrogens is 360 g/mol. The molecule has 0 aliphatic heterocycles. The van der Waals surface area contributed by atoms with E-state index in [1.807, 2.05) is 6.92 Å². The van der Waals surface area contributed by atoms with Crippen molar-refractivity contribution in [3.05, 3.63) is 59.7 Å². The number of aryl methyl sites for hydroxylation is 1. The first-order valence-corrected chi connectivity index (χ1v) is 10.9. The van der Waals surface area contributed by atoms with Crippen molar-refractivity contribution in [1.29, 1.82) is 0 Å². The molecule has 2 aromatic carbocycles. The summed E-state index contributed by atoms with van der Waals surface area (Å²) < 4.78 is 27.7. The minimum Gasteiger partial charge on any atom is -0.349 e. The number of hydrogen-bond donors (Lipinski definition) is 2. The molecule has 5 nitrogen and oxygen atoms in total. The Morgan fingerprint density at radius 1 is 1.04 bits per heavy atom. The van der Waals surface area contributed by atoms with Gasteiger partial charge in [0.2, 0.25) is 0 Å². The number of rotatable bonds is 5. The predicted octanol–water partition coefficient (Wildman–Crippen LogP) is 3.71. The summed E-state index contributed by atoms with van der Waals surface area (Å²) in [4.78, 5) is 12.8. The van der Waals surface area contributed by atoms with Crippen LogP contribution in [0.4, 0.5) is 5.69 Å². The van der Waals surface area contributed by atoms with Crippen molar-refractivity contribution in [3.63, 3.8) is 0 Å². The van der Waals surface area contributed by atoms with Crippen molar-refractivity contribution in [3.8, 4) is 0 Å². The van der Waals surface area contributed by atoms with Gasteiger partial charge in [-0.05, 0) is 68.4 Å². The summed E-state index contributed by atoms with van der Waals surface area (Å²) in [6, 6.07) is 13.6. The molecule has 2 aliphatic carbocycles. The highest BCUT2D eigenvalue weighted by atomic mass is 32.2. The molecule has 0 aromatic heterocycles. The highest BCUT2D eigenvalue weighted by Gasteiger charge is 2.40. The average Bonchev–Trinajstić information content (AvgIpc) is 3.25. The molecule has 0 heterocycles. The molecule has 0 unspecified atom stereocenters. The van der Waals surface area contributed by atoms with Crippen LogP contribution in [0.15, 0.2) is 53.4 Å². The normalized spacial score (nSPS) is 24.0. The van der Waals surface area contributed by atoms with Crippen LogP contribution in [-0.2, 0) is 10.0 Å². The highest BCUT2D eigenvalue weighted by Crippen LogP contribution is 2.44. The van der Waals surface area contributed by atoms with E-state index in [1.165, 1.54) is 19.3 Å². The van der Waals surface area contributed by atoms with Gasteiger partial charge in [-0.15, -0.1) is 0 Å². The zero-order valence-corrected chi connectivity index (χ0v) is 16.1. The van der Waals surface area contributed by atoms with Gasteiger partial charge in [0.05, 0.1) is 4.90 Å². The van der Waals surface area contributed by atoms with Crippen molar-refractivity contribution >= 4 is 21.6 Å². The Bertz CT molecular complexity index is 954. The topological polar surface area (TPSA) is 75.3 Å². The monoisotopic (exact) mass is 384 g/mol. The second-order valence-corrected chi connectivity index (χ2v) is 9.44. The summed E-state index contributed by atoms with van der Waals surface area (Å²) in [5.41, 5.74) is 1.85. The van der Waals surface area contributed by atoms with E-state index in [2.05, 4.69) is 10.0 Å². The highest BCUT2D eigenvalue weighted by molar-refractivity contribution is 7.92. The van der Waals surface area contributed by atoms with E-state index in [4.69, 9.17) is 0 Å². The minimum absolute atomic E-state index is 0.135. The molecule has 142 valence electrons. The number of carbonyl (C=O) groups excluding carboxylic acids is 1. The van der Waals surface area contributed by atoms with Crippen LogP contribution in [0.1, 0.15) is 41.6 Å². The molecule has 0 spiro atoms. The molecule has 6 heteroatoms. The Balaban J connectivity index is 1.47. The second-order valence-electron chi connectivity index (χ2n) is 7.75. The van der Waals surface area contributed by atoms with Gasteiger partial charge in [0.1, 0.15) is 0 Å². The third-order valence-corrected chi connectivity index (χ3v) is 7.16. The van der Waals surface area contributed by atoms with E-state index in [-0.39, 0.29) is 16.8 Å². The number of fused-ring (bicyclic) bond motifs is 2. The van der Waals surface area contributed by atoms with Crippen LogP contribution in [0.3, 0.4) is 0 Å². The van der Waals surface area contributed by atoms with Crippen LogP contribution < -0.4 is 10.0 Å². The number of hydrogen-bond acceptors (Lipinski definition) is 3. The Hall–Kier alpha value is -2.34. The van der Waals surface area contributed by atoms with Crippen LogP contribution in [-0.4, -0.2) is 20.4 Å². The van der Waals surface area contributed by atoms with Gasteiger partial charge < -0.3 is 5.32 Å². The molecule has 1 amide bonds. The fourth-order valence-corrected chi connectivity index (χ4v) is 5.38. The quantitative estimate of drug-likeness (QED) is 0.825. The Kier molecular flexibility index (Phi) is 4.68. The number of anilines is 1. The SMILES string of the molecule is Cc1ccc(S(=O)(=O)Nc2cccc(C(=O)N[C@@H]3C[C@H]4CC[C@H]3C4)c2)cc1. The second kappa shape index (κ2) is 7.00. The van der Waals surface area contributed by atoms with Crippen molar-refractivity contribution in [2.24, 2.45) is 11.8 Å². The molecule has 0 radical (unpaired) electrons. The Labute approximate surface area is 160 Å². The summed E-state index contributed by atoms with van der Waals surface area (Å²) in [5, 5.41) is 3.14. The maximum atomic E-state index is 12.6. The lowest BCUT2D eigenvalue weighted by molar-refractivity contribution is 0.0923. The molecule has 2 bridgehead atoms. The van der Waals surface area contributed by atoms with Crippen molar-refractivity contribution in [2.75, 3.05) is 4.72 Å². The average molecular weight is 385 g/mol. The zero-order valence-electron chi connectivity index (χ0n) is 15.3. The zero-order chi connectivity index (χ0) is 19.0. The smallest absolute Gasteiger partial charge is 0.261 e. The Morgan fingerprint density at radius 3 is 2.48 bits per heavy atom. The van der Waals surface area contributed by atoms with E-state index in [9.17, 15) is 13.2 Å². The first-order valence-electron chi connectivity index (χ1n) is 9.41. The fraction of sp³-hybridized carbons (Fsp3) is 0.381. The standard InChI is InChI=1S/C21H24N2O3S/c1-14-5-9-19(10-6-14)27(25,26)23-18-4-2-3-17(13-18)21(24)22-20-12-15-7-8-16(20)11-15/h2-6,9-10,13,15-16,20,23H,7-8,11-12H2,1H3,(H,22,24)/t15-,16-,20+/m0/s1. The van der Waals surface area contributed by atoms with Gasteiger partial charge in [0.25, 0.3) is 15.9 Å². The van der Waals surface area contributed by atoms with E-state index >= 15 is 0 Å². The molecule has 2 N–H and O–H groups in total. The fourth-order valence-electron chi connectivity index (χ4n) is 4.33. The van der Waals surface area contributed by atoms with E-state index < -0.39 is 10.0 Å². The first-order chi connectivity index (χ1) is 12.9. The summed E-state index contributed by atoms with van der Waals surface area (Å²) in [6.07, 6.45) is 4.77. The van der Waals surface area contributed by atoms with E-state index in [0.717, 1.165) is 17.9 Å². The molecule has 27 heavy (non-hydrogen) atoms. The van der Waals surface area contributed by atoms with Gasteiger partial charge in [-0.25, -0.2) is 8.42 Å². The molecule has 2 fully saturated rings. The molecule has 4 rings (SSSR count). The van der Waals surface area contributed by atoms with Crippen molar-refractivity contribution in [1.82, 2.24) is 5.32 Å². The molecule has 3 atom stereocenters. The summed E-state index contributed by atoms with van der Waals surface area (Å²) in [7, 11) is -3.68. The lowest BCUT2D eigenvalue weighted by Crippen LogP contribution is -2.38. The van der Waals surface area contributed by atoms with Crippen LogP contribution in [0.5, 0.6) is 0 Å². The van der Waals surface area contributed by atoms with E-state index in [1.54, 1.807) is 48.5 Å². The van der Waals surface area contributed by atoms with Crippen LogP contribution in [0, 0.1) is 18.8 Å². The maximum Gasteiger partial charge on any atom is 0.261 e. The van der Waals surface area contributed by atoms with Gasteiger partial charge in [-0.2, -0.15) is 0 Å². The minimum atomic E-state index is -3.68. The van der Waals surface area contributed by atoms with Crippen LogP contribution in [0.2, 0.25) is 0 Å². The number of carbonyl (C=O) groups is 1. The predicted molar refractivity (Wildman–Crippen MR) is 105 cm³/mol. The molecule has 0 saturated heterocycles. The van der Waals surface area contributed by atoms with Crippen molar-refractivity contribution < 1.29 is 13.2 Å². The number of nitrogens with one attached hydrogen (secondary N) is 2. The maximum absolute atomic E-state index is 12.6. The van der Waals surface area contributed by atoms with Gasteiger partial charge in [0.15, 0.2) is 0 Å². The van der Waals surface area contributed by atoms with Crippen LogP contribution >= 0.6 is 0 Å². The van der Waals surface area contributed by atoms with Gasteiger partial charge in [0, 0.05) is 17.3 Å².